The van der Waals surface area contributed by atoms with Gasteiger partial charge in [-0.05, 0) is 104 Å². The van der Waals surface area contributed by atoms with Crippen molar-refractivity contribution in [2.45, 2.75) is 19.3 Å². The number of fused-ring (bicyclic) bond motifs is 7. The smallest absolute Gasteiger partial charge is 0.0509 e. The molecule has 9 aromatic rings. The minimum atomic E-state index is -0.126. The van der Waals surface area contributed by atoms with Crippen LogP contribution in [-0.4, -0.2) is 4.98 Å². The number of rotatable bonds is 6. The second kappa shape index (κ2) is 12.3. The Morgan fingerprint density at radius 2 is 0.868 bits per heavy atom. The molecule has 0 amide bonds. The van der Waals surface area contributed by atoms with E-state index < -0.39 is 0 Å². The van der Waals surface area contributed by atoms with E-state index >= 15 is 0 Å². The van der Waals surface area contributed by atoms with E-state index in [0.717, 1.165) is 17.1 Å². The summed E-state index contributed by atoms with van der Waals surface area (Å²) in [6.07, 6.45) is 0. The van der Waals surface area contributed by atoms with Gasteiger partial charge >= 0.3 is 0 Å². The van der Waals surface area contributed by atoms with Crippen LogP contribution in [0.1, 0.15) is 25.0 Å². The fraction of sp³-hybridized carbons (Fsp3) is 0.0588. The SMILES string of the molecule is CC1(C)c2c(ccc3ccccc23)-c2[nH]c3ccc(-c4ccc(N(c5ccc(-c6ccccc6)cc5)c5ccc(-c6ccccc6)cc5)cc4)cc3c21. The first kappa shape index (κ1) is 31.1. The van der Waals surface area contributed by atoms with Crippen molar-refractivity contribution in [3.8, 4) is 44.6 Å². The highest BCUT2D eigenvalue weighted by molar-refractivity contribution is 6.04. The molecular formula is C51H38N2. The first-order valence-electron chi connectivity index (χ1n) is 18.4. The molecule has 53 heavy (non-hydrogen) atoms. The average molecular weight is 679 g/mol. The Bertz CT molecular complexity index is 2670. The lowest BCUT2D eigenvalue weighted by molar-refractivity contribution is 0.672. The van der Waals surface area contributed by atoms with E-state index in [9.17, 15) is 0 Å². The number of anilines is 3. The molecular weight excluding hydrogens is 641 g/mol. The minimum absolute atomic E-state index is 0.126. The molecule has 2 heteroatoms. The first-order chi connectivity index (χ1) is 26.0. The fourth-order valence-electron chi connectivity index (χ4n) is 8.62. The van der Waals surface area contributed by atoms with Gasteiger partial charge in [0.25, 0.3) is 0 Å². The highest BCUT2D eigenvalue weighted by atomic mass is 15.1. The highest BCUT2D eigenvalue weighted by Gasteiger charge is 2.39. The zero-order chi connectivity index (χ0) is 35.5. The van der Waals surface area contributed by atoms with Gasteiger partial charge in [-0.15, -0.1) is 0 Å². The summed E-state index contributed by atoms with van der Waals surface area (Å²) in [4.78, 5) is 6.16. The molecule has 10 rings (SSSR count). The molecule has 1 aromatic heterocycles. The Kier molecular flexibility index (Phi) is 7.19. The highest BCUT2D eigenvalue weighted by Crippen LogP contribution is 2.54. The quantitative estimate of drug-likeness (QED) is 0.185. The van der Waals surface area contributed by atoms with Gasteiger partial charge in [-0.3, -0.25) is 0 Å². The van der Waals surface area contributed by atoms with E-state index in [1.807, 2.05) is 0 Å². The van der Waals surface area contributed by atoms with Gasteiger partial charge in [0.1, 0.15) is 0 Å². The number of aromatic nitrogens is 1. The molecule has 1 aliphatic rings. The van der Waals surface area contributed by atoms with Crippen LogP contribution < -0.4 is 4.90 Å². The standard InChI is InChI=1S/C51H38N2/c1-51(2)48-44-16-10-9-15-39(44)23-31-45(48)50-49(51)46-33-40(24-32-47(46)52-50)38-21-29-43(30-22-38)53(41-25-17-36(18-26-41)34-11-5-3-6-12-34)42-27-19-37(20-28-42)35-13-7-4-8-14-35/h3-33,52H,1-2H3. The van der Waals surface area contributed by atoms with E-state index in [4.69, 9.17) is 0 Å². The van der Waals surface area contributed by atoms with Gasteiger partial charge in [0.15, 0.2) is 0 Å². The number of nitrogens with one attached hydrogen (secondary N) is 1. The Balaban J connectivity index is 1.03. The fourth-order valence-corrected chi connectivity index (χ4v) is 8.62. The third-order valence-corrected chi connectivity index (χ3v) is 11.2. The molecule has 1 N–H and O–H groups in total. The van der Waals surface area contributed by atoms with E-state index in [2.05, 4.69) is 212 Å². The van der Waals surface area contributed by atoms with E-state index in [-0.39, 0.29) is 5.41 Å². The van der Waals surface area contributed by atoms with Crippen LogP contribution in [0, 0.1) is 0 Å². The van der Waals surface area contributed by atoms with E-state index in [1.165, 1.54) is 77.4 Å². The molecule has 8 aromatic carbocycles. The normalized spacial score (nSPS) is 12.9. The van der Waals surface area contributed by atoms with E-state index in [0.29, 0.717) is 0 Å². The van der Waals surface area contributed by atoms with Crippen LogP contribution in [0.25, 0.3) is 66.3 Å². The Hall–Kier alpha value is -6.64. The van der Waals surface area contributed by atoms with Gasteiger partial charge in [0.05, 0.1) is 5.69 Å². The number of nitrogens with zero attached hydrogens (tertiary/aromatic N) is 1. The van der Waals surface area contributed by atoms with Crippen molar-refractivity contribution in [1.29, 1.82) is 0 Å². The predicted octanol–water partition coefficient (Wildman–Crippen LogP) is 14.1. The summed E-state index contributed by atoms with van der Waals surface area (Å²) in [5.41, 5.74) is 17.0. The number of aromatic amines is 1. The number of hydrogen-bond donors (Lipinski definition) is 1. The molecule has 0 bridgehead atoms. The molecule has 0 radical (unpaired) electrons. The second-order valence-corrected chi connectivity index (χ2v) is 14.7. The summed E-state index contributed by atoms with van der Waals surface area (Å²) >= 11 is 0. The van der Waals surface area contributed by atoms with Gasteiger partial charge in [-0.25, -0.2) is 0 Å². The van der Waals surface area contributed by atoms with Crippen LogP contribution in [-0.2, 0) is 5.41 Å². The van der Waals surface area contributed by atoms with Crippen LogP contribution in [0.4, 0.5) is 17.1 Å². The summed E-state index contributed by atoms with van der Waals surface area (Å²) in [7, 11) is 0. The Morgan fingerprint density at radius 1 is 0.396 bits per heavy atom. The zero-order valence-electron chi connectivity index (χ0n) is 29.8. The van der Waals surface area contributed by atoms with Crippen molar-refractivity contribution in [3.63, 3.8) is 0 Å². The zero-order valence-corrected chi connectivity index (χ0v) is 29.8. The topological polar surface area (TPSA) is 19.0 Å². The lowest BCUT2D eigenvalue weighted by Gasteiger charge is -2.26. The molecule has 0 spiro atoms. The van der Waals surface area contributed by atoms with Crippen molar-refractivity contribution >= 4 is 38.7 Å². The lowest BCUT2D eigenvalue weighted by atomic mass is 9.79. The molecule has 0 saturated heterocycles. The molecule has 2 nitrogen and oxygen atoms in total. The molecule has 0 unspecified atom stereocenters. The van der Waals surface area contributed by atoms with Crippen molar-refractivity contribution in [3.05, 3.63) is 199 Å². The van der Waals surface area contributed by atoms with Crippen LogP contribution >= 0.6 is 0 Å². The summed E-state index contributed by atoms with van der Waals surface area (Å²) < 4.78 is 0. The van der Waals surface area contributed by atoms with Gasteiger partial charge in [-0.1, -0.05) is 153 Å². The minimum Gasteiger partial charge on any atom is -0.354 e. The van der Waals surface area contributed by atoms with Crippen LogP contribution in [0.5, 0.6) is 0 Å². The largest absolute Gasteiger partial charge is 0.354 e. The molecule has 0 fully saturated rings. The van der Waals surface area contributed by atoms with Crippen molar-refractivity contribution in [1.82, 2.24) is 4.98 Å². The third-order valence-electron chi connectivity index (χ3n) is 11.2. The van der Waals surface area contributed by atoms with Gasteiger partial charge in [-0.2, -0.15) is 0 Å². The third kappa shape index (κ3) is 5.18. The van der Waals surface area contributed by atoms with Gasteiger partial charge < -0.3 is 9.88 Å². The van der Waals surface area contributed by atoms with Crippen molar-refractivity contribution in [2.75, 3.05) is 4.90 Å². The van der Waals surface area contributed by atoms with E-state index in [1.54, 1.807) is 0 Å². The maximum absolute atomic E-state index is 3.81. The van der Waals surface area contributed by atoms with Crippen molar-refractivity contribution < 1.29 is 0 Å². The maximum Gasteiger partial charge on any atom is 0.0509 e. The second-order valence-electron chi connectivity index (χ2n) is 14.7. The summed E-state index contributed by atoms with van der Waals surface area (Å²) in [6, 6.07) is 68.2. The van der Waals surface area contributed by atoms with Crippen LogP contribution in [0.3, 0.4) is 0 Å². The summed E-state index contributed by atoms with van der Waals surface area (Å²) in [5, 5.41) is 3.93. The predicted molar refractivity (Wildman–Crippen MR) is 224 cm³/mol. The Morgan fingerprint density at radius 3 is 1.43 bits per heavy atom. The maximum atomic E-state index is 3.81. The summed E-state index contributed by atoms with van der Waals surface area (Å²) in [5.74, 6) is 0. The molecule has 0 saturated carbocycles. The lowest BCUT2D eigenvalue weighted by Crippen LogP contribution is -2.15. The van der Waals surface area contributed by atoms with Crippen LogP contribution in [0.15, 0.2) is 188 Å². The summed E-state index contributed by atoms with van der Waals surface area (Å²) in [6.45, 7) is 4.76. The van der Waals surface area contributed by atoms with Crippen LogP contribution in [0.2, 0.25) is 0 Å². The average Bonchev–Trinajstić information content (AvgIpc) is 3.72. The monoisotopic (exact) mass is 678 g/mol. The Labute approximate surface area is 310 Å². The van der Waals surface area contributed by atoms with Gasteiger partial charge in [0, 0.05) is 38.9 Å². The molecule has 1 heterocycles. The molecule has 0 atom stereocenters. The number of H-pyrrole nitrogens is 1. The molecule has 252 valence electrons. The van der Waals surface area contributed by atoms with Gasteiger partial charge in [0.2, 0.25) is 0 Å². The van der Waals surface area contributed by atoms with Crippen molar-refractivity contribution in [2.24, 2.45) is 0 Å². The molecule has 1 aliphatic carbocycles. The number of hydrogen-bond acceptors (Lipinski definition) is 1. The molecule has 0 aliphatic heterocycles. The number of benzene rings is 8. The first-order valence-corrected chi connectivity index (χ1v) is 18.4.